The van der Waals surface area contributed by atoms with E-state index in [-0.39, 0.29) is 100 Å². The smallest absolute Gasteiger partial charge is 0.302 e. The topological polar surface area (TPSA) is 106 Å². The summed E-state index contributed by atoms with van der Waals surface area (Å²) in [6.45, 7) is 6.79. The molecule has 2 aliphatic heterocycles. The van der Waals surface area contributed by atoms with Gasteiger partial charge in [-0.2, -0.15) is 13.9 Å². The highest BCUT2D eigenvalue weighted by Crippen LogP contribution is 2.49. The molecule has 5 aromatic rings. The van der Waals surface area contributed by atoms with Gasteiger partial charge in [-0.15, -0.1) is 11.3 Å². The van der Waals surface area contributed by atoms with Crippen molar-refractivity contribution in [1.82, 2.24) is 29.5 Å². The quantitative estimate of drug-likeness (QED) is 0.0954. The molecule has 1 amide bonds. The van der Waals surface area contributed by atoms with Gasteiger partial charge in [0.15, 0.2) is 0 Å². The van der Waals surface area contributed by atoms with Crippen LogP contribution in [0.25, 0.3) is 43.9 Å². The van der Waals surface area contributed by atoms with Crippen LogP contribution >= 0.6 is 11.3 Å². The fraction of sp³-hybridized carbons (Fsp3) is 0.351. The molecule has 0 aliphatic carbocycles. The van der Waals surface area contributed by atoms with Gasteiger partial charge in [-0.05, 0) is 37.6 Å². The third-order valence-corrected chi connectivity index (χ3v) is 10.5. The van der Waals surface area contributed by atoms with E-state index in [2.05, 4.69) is 11.6 Å². The number of pyridine rings is 2. The van der Waals surface area contributed by atoms with Crippen LogP contribution in [-0.2, 0) is 28.5 Å². The Morgan fingerprint density at radius 3 is 2.64 bits per heavy atom. The van der Waals surface area contributed by atoms with Crippen molar-refractivity contribution >= 4 is 27.3 Å². The summed E-state index contributed by atoms with van der Waals surface area (Å²) in [5.41, 5.74) is 0.735. The molecule has 0 saturated heterocycles. The fourth-order valence-corrected chi connectivity index (χ4v) is 8.23. The summed E-state index contributed by atoms with van der Waals surface area (Å²) in [7, 11) is 1.44. The molecule has 53 heavy (non-hydrogen) atoms. The first kappa shape index (κ1) is 36.6. The molecule has 6 heterocycles. The SMILES string of the molecule is C=CC(=O)N1C(C)Cn2nc(-c3nc(-c4cnc5c(c4)CN(CCO)CC5(F)F)c4scc(F)c4c3-c3c(F)cc(F)cc3OCCOC)cc2C1C. The molecule has 2 atom stereocenters. The molecule has 278 valence electrons. The standard InChI is InChI=1S/C37H35F5N6O4S/c1-5-29(50)48-19(2)15-47-27(20(48)3)13-26(45-47)34-32(30-24(39)11-23(38)12-28(30)52-9-8-51-4)31-25(40)17-53-35(31)33(44-34)21-10-22-16-46(6-7-49)18-37(41,42)36(22)43-14-21/h5,10-14,17,19-20,49H,1,6-9,15-16,18H2,2-4H3. The highest BCUT2D eigenvalue weighted by atomic mass is 32.1. The normalized spacial score (nSPS) is 18.2. The molecule has 4 aromatic heterocycles. The lowest BCUT2D eigenvalue weighted by Crippen LogP contribution is -2.46. The van der Waals surface area contributed by atoms with E-state index in [0.29, 0.717) is 18.3 Å². The van der Waals surface area contributed by atoms with E-state index in [0.717, 1.165) is 17.4 Å². The number of aromatic nitrogens is 4. The molecule has 0 spiro atoms. The number of aliphatic hydroxyl groups is 1. The zero-order valence-corrected chi connectivity index (χ0v) is 29.8. The molecule has 0 saturated carbocycles. The Labute approximate surface area is 305 Å². The van der Waals surface area contributed by atoms with Gasteiger partial charge >= 0.3 is 5.92 Å². The lowest BCUT2D eigenvalue weighted by atomic mass is 9.94. The largest absolute Gasteiger partial charge is 0.490 e. The summed E-state index contributed by atoms with van der Waals surface area (Å²) in [4.78, 5) is 25.0. The van der Waals surface area contributed by atoms with Crippen LogP contribution in [0.15, 0.2) is 48.5 Å². The molecule has 1 aromatic carbocycles. The van der Waals surface area contributed by atoms with E-state index in [1.54, 1.807) is 15.6 Å². The first-order valence-corrected chi connectivity index (χ1v) is 17.7. The summed E-state index contributed by atoms with van der Waals surface area (Å²) in [6.07, 6.45) is 2.48. The van der Waals surface area contributed by atoms with Crippen molar-refractivity contribution in [2.45, 2.75) is 44.9 Å². The summed E-state index contributed by atoms with van der Waals surface area (Å²) < 4.78 is 90.4. The number of hydrogen-bond donors (Lipinski definition) is 1. The lowest BCUT2D eigenvalue weighted by Gasteiger charge is -2.38. The molecule has 0 fully saturated rings. The van der Waals surface area contributed by atoms with Crippen molar-refractivity contribution in [1.29, 1.82) is 0 Å². The number of hydrogen-bond acceptors (Lipinski definition) is 9. The molecule has 2 unspecified atom stereocenters. The minimum Gasteiger partial charge on any atom is -0.490 e. The predicted molar refractivity (Wildman–Crippen MR) is 188 cm³/mol. The summed E-state index contributed by atoms with van der Waals surface area (Å²) in [5.74, 6) is -6.51. The molecule has 7 rings (SSSR count). The molecule has 16 heteroatoms. The molecule has 0 bridgehead atoms. The van der Waals surface area contributed by atoms with Crippen molar-refractivity contribution in [2.75, 3.05) is 40.0 Å². The van der Waals surface area contributed by atoms with E-state index in [1.807, 2.05) is 13.8 Å². The summed E-state index contributed by atoms with van der Waals surface area (Å²) in [6, 6.07) is 4.10. The number of β-amino-alcohol motifs (C(OH)–C–C–N with tert-alkyl or cyclic N) is 1. The number of carbonyl (C=O) groups is 1. The van der Waals surface area contributed by atoms with Crippen molar-refractivity contribution < 1.29 is 41.3 Å². The lowest BCUT2D eigenvalue weighted by molar-refractivity contribution is -0.131. The van der Waals surface area contributed by atoms with Gasteiger partial charge in [0.05, 0.1) is 54.0 Å². The van der Waals surface area contributed by atoms with Gasteiger partial charge in [-0.3, -0.25) is 19.4 Å². The van der Waals surface area contributed by atoms with Crippen LogP contribution in [-0.4, -0.2) is 86.6 Å². The first-order chi connectivity index (χ1) is 25.4. The van der Waals surface area contributed by atoms with E-state index in [4.69, 9.17) is 19.6 Å². The molecule has 2 aliphatic rings. The molecular formula is C37H35F5N6O4S. The highest BCUT2D eigenvalue weighted by molar-refractivity contribution is 7.17. The van der Waals surface area contributed by atoms with Gasteiger partial charge in [0.2, 0.25) is 5.91 Å². The number of alkyl halides is 2. The van der Waals surface area contributed by atoms with Crippen LogP contribution in [0.1, 0.15) is 36.8 Å². The minimum absolute atomic E-state index is 0.000192. The average molecular weight is 755 g/mol. The van der Waals surface area contributed by atoms with Crippen LogP contribution in [0.2, 0.25) is 0 Å². The van der Waals surface area contributed by atoms with E-state index >= 15 is 17.6 Å². The van der Waals surface area contributed by atoms with Gasteiger partial charge in [0.1, 0.15) is 46.9 Å². The number of carbonyl (C=O) groups excluding carboxylic acids is 1. The summed E-state index contributed by atoms with van der Waals surface area (Å²) in [5, 5.41) is 15.4. The second-order valence-corrected chi connectivity index (χ2v) is 13.9. The Balaban J connectivity index is 1.51. The maximum atomic E-state index is 16.3. The third kappa shape index (κ3) is 6.47. The van der Waals surface area contributed by atoms with Crippen molar-refractivity contribution in [2.24, 2.45) is 0 Å². The third-order valence-electron chi connectivity index (χ3n) is 9.54. The Hall–Kier alpha value is -4.77. The number of nitrogens with zero attached hydrogens (tertiary/aromatic N) is 6. The monoisotopic (exact) mass is 754 g/mol. The van der Waals surface area contributed by atoms with Gasteiger partial charge in [0, 0.05) is 66.5 Å². The zero-order valence-electron chi connectivity index (χ0n) is 29.0. The summed E-state index contributed by atoms with van der Waals surface area (Å²) >= 11 is 0.971. The number of amides is 1. The Morgan fingerprint density at radius 1 is 1.11 bits per heavy atom. The van der Waals surface area contributed by atoms with E-state index in [9.17, 15) is 14.3 Å². The van der Waals surface area contributed by atoms with Gasteiger partial charge in [0.25, 0.3) is 0 Å². The van der Waals surface area contributed by atoms with Crippen LogP contribution in [0.4, 0.5) is 22.0 Å². The van der Waals surface area contributed by atoms with Crippen molar-refractivity contribution in [3.8, 4) is 39.5 Å². The number of aliphatic hydroxyl groups excluding tert-OH is 1. The van der Waals surface area contributed by atoms with Crippen LogP contribution in [0.3, 0.4) is 0 Å². The van der Waals surface area contributed by atoms with Crippen LogP contribution in [0.5, 0.6) is 5.75 Å². The second-order valence-electron chi connectivity index (χ2n) is 13.1. The van der Waals surface area contributed by atoms with E-state index < -0.39 is 41.7 Å². The van der Waals surface area contributed by atoms with Crippen molar-refractivity contribution in [3.63, 3.8) is 0 Å². The van der Waals surface area contributed by atoms with Crippen LogP contribution in [0, 0.1) is 17.5 Å². The number of halogens is 5. The van der Waals surface area contributed by atoms with Gasteiger partial charge < -0.3 is 19.5 Å². The maximum absolute atomic E-state index is 16.3. The predicted octanol–water partition coefficient (Wildman–Crippen LogP) is 6.71. The number of rotatable bonds is 10. The van der Waals surface area contributed by atoms with Gasteiger partial charge in [-0.25, -0.2) is 18.2 Å². The second kappa shape index (κ2) is 14.2. The Morgan fingerprint density at radius 2 is 1.91 bits per heavy atom. The first-order valence-electron chi connectivity index (χ1n) is 16.8. The maximum Gasteiger partial charge on any atom is 0.302 e. The molecule has 10 nitrogen and oxygen atoms in total. The molecular weight excluding hydrogens is 720 g/mol. The highest BCUT2D eigenvalue weighted by Gasteiger charge is 2.42. The van der Waals surface area contributed by atoms with Gasteiger partial charge in [-0.1, -0.05) is 6.58 Å². The number of benzene rings is 1. The van der Waals surface area contributed by atoms with Crippen molar-refractivity contribution in [3.05, 3.63) is 82.9 Å². The Kier molecular flexibility index (Phi) is 9.82. The average Bonchev–Trinajstić information content (AvgIpc) is 3.71. The fourth-order valence-electron chi connectivity index (χ4n) is 7.29. The number of methoxy groups -OCH3 is 1. The molecule has 0 radical (unpaired) electrons. The zero-order chi connectivity index (χ0) is 37.8. The van der Waals surface area contributed by atoms with E-state index in [1.165, 1.54) is 35.7 Å². The number of thiophene rings is 1. The Bertz CT molecular complexity index is 2240. The number of ether oxygens (including phenoxy) is 2. The molecule has 1 N–H and O–H groups in total. The number of fused-ring (bicyclic) bond motifs is 3. The minimum atomic E-state index is -3.29. The van der Waals surface area contributed by atoms with Crippen LogP contribution < -0.4 is 4.74 Å².